The van der Waals surface area contributed by atoms with Crippen LogP contribution < -0.4 is 10.6 Å². The van der Waals surface area contributed by atoms with Crippen LogP contribution in [0.3, 0.4) is 0 Å². The van der Waals surface area contributed by atoms with Gasteiger partial charge < -0.3 is 10.6 Å². The standard InChI is InChI=1S/C19H20FN5/c20-16-1-2-17-14(10-16)9-15(12-23-17)18-3-6-22-19(24-18)25-7-4-13(11-21)5-8-25/h1-3,6,9-10,12-13H,4-5,7-8,11,21H2. The molecule has 3 aromatic rings. The molecule has 0 aliphatic carbocycles. The van der Waals surface area contributed by atoms with Crippen LogP contribution in [0.1, 0.15) is 12.8 Å². The number of fused-ring (bicyclic) bond motifs is 1. The molecular formula is C19H20FN5. The number of pyridine rings is 1. The molecule has 0 bridgehead atoms. The van der Waals surface area contributed by atoms with E-state index in [4.69, 9.17) is 10.7 Å². The third-order valence-electron chi connectivity index (χ3n) is 4.81. The minimum atomic E-state index is -0.266. The van der Waals surface area contributed by atoms with Crippen molar-refractivity contribution < 1.29 is 4.39 Å². The smallest absolute Gasteiger partial charge is 0.225 e. The van der Waals surface area contributed by atoms with E-state index >= 15 is 0 Å². The summed E-state index contributed by atoms with van der Waals surface area (Å²) in [6, 6.07) is 8.37. The van der Waals surface area contributed by atoms with Gasteiger partial charge in [-0.3, -0.25) is 4.98 Å². The molecule has 0 spiro atoms. The van der Waals surface area contributed by atoms with Crippen LogP contribution in [0.25, 0.3) is 22.2 Å². The van der Waals surface area contributed by atoms with Crippen molar-refractivity contribution in [3.8, 4) is 11.3 Å². The molecule has 0 atom stereocenters. The van der Waals surface area contributed by atoms with E-state index in [1.165, 1.54) is 12.1 Å². The Labute approximate surface area is 145 Å². The van der Waals surface area contributed by atoms with Crippen molar-refractivity contribution in [1.82, 2.24) is 15.0 Å². The van der Waals surface area contributed by atoms with Crippen LogP contribution in [0.4, 0.5) is 10.3 Å². The Morgan fingerprint density at radius 3 is 2.76 bits per heavy atom. The molecule has 0 amide bonds. The van der Waals surface area contributed by atoms with E-state index in [0.29, 0.717) is 5.92 Å². The maximum absolute atomic E-state index is 13.5. The van der Waals surface area contributed by atoms with Crippen LogP contribution in [-0.4, -0.2) is 34.6 Å². The summed E-state index contributed by atoms with van der Waals surface area (Å²) in [5.74, 6) is 1.06. The van der Waals surface area contributed by atoms with Gasteiger partial charge in [0.15, 0.2) is 0 Å². The van der Waals surface area contributed by atoms with E-state index in [1.807, 2.05) is 12.1 Å². The number of nitrogens with two attached hydrogens (primary N) is 1. The van der Waals surface area contributed by atoms with E-state index in [1.54, 1.807) is 18.5 Å². The quantitative estimate of drug-likeness (QED) is 0.796. The molecule has 2 aromatic heterocycles. The minimum Gasteiger partial charge on any atom is -0.341 e. The van der Waals surface area contributed by atoms with Crippen molar-refractivity contribution >= 4 is 16.9 Å². The molecule has 1 saturated heterocycles. The number of anilines is 1. The van der Waals surface area contributed by atoms with Crippen LogP contribution in [0, 0.1) is 11.7 Å². The molecule has 0 unspecified atom stereocenters. The Bertz CT molecular complexity index is 890. The van der Waals surface area contributed by atoms with Gasteiger partial charge >= 0.3 is 0 Å². The lowest BCUT2D eigenvalue weighted by Gasteiger charge is -2.31. The first-order valence-electron chi connectivity index (χ1n) is 8.56. The fourth-order valence-corrected chi connectivity index (χ4v) is 3.27. The van der Waals surface area contributed by atoms with Crippen molar-refractivity contribution in [3.05, 3.63) is 48.5 Å². The number of nitrogens with zero attached hydrogens (tertiary/aromatic N) is 4. The minimum absolute atomic E-state index is 0.266. The maximum Gasteiger partial charge on any atom is 0.225 e. The predicted molar refractivity (Wildman–Crippen MR) is 96.7 cm³/mol. The third kappa shape index (κ3) is 3.30. The third-order valence-corrected chi connectivity index (χ3v) is 4.81. The molecule has 4 rings (SSSR count). The summed E-state index contributed by atoms with van der Waals surface area (Å²) in [6.07, 6.45) is 5.68. The molecule has 0 saturated carbocycles. The molecule has 2 N–H and O–H groups in total. The van der Waals surface area contributed by atoms with E-state index < -0.39 is 0 Å². The number of piperidine rings is 1. The molecule has 6 heteroatoms. The highest BCUT2D eigenvalue weighted by atomic mass is 19.1. The Morgan fingerprint density at radius 1 is 1.12 bits per heavy atom. The second-order valence-electron chi connectivity index (χ2n) is 6.47. The highest BCUT2D eigenvalue weighted by molar-refractivity contribution is 5.82. The molecule has 5 nitrogen and oxygen atoms in total. The SMILES string of the molecule is NCC1CCN(c2nccc(-c3cnc4ccc(F)cc4c3)n2)CC1. The van der Waals surface area contributed by atoms with Gasteiger partial charge in [-0.1, -0.05) is 0 Å². The van der Waals surface area contributed by atoms with Crippen LogP contribution in [0.5, 0.6) is 0 Å². The lowest BCUT2D eigenvalue weighted by Crippen LogP contribution is -2.37. The molecular weight excluding hydrogens is 317 g/mol. The van der Waals surface area contributed by atoms with E-state index in [0.717, 1.165) is 60.6 Å². The second kappa shape index (κ2) is 6.72. The molecule has 25 heavy (non-hydrogen) atoms. The Hall–Kier alpha value is -2.60. The topological polar surface area (TPSA) is 67.9 Å². The van der Waals surface area contributed by atoms with Crippen molar-refractivity contribution in [1.29, 1.82) is 0 Å². The highest BCUT2D eigenvalue weighted by Gasteiger charge is 2.20. The lowest BCUT2D eigenvalue weighted by molar-refractivity contribution is 0.411. The molecule has 1 aromatic carbocycles. The van der Waals surface area contributed by atoms with Crippen molar-refractivity contribution in [3.63, 3.8) is 0 Å². The Balaban J connectivity index is 1.63. The number of rotatable bonds is 3. The van der Waals surface area contributed by atoms with Crippen LogP contribution >= 0.6 is 0 Å². The first-order chi connectivity index (χ1) is 12.2. The van der Waals surface area contributed by atoms with E-state index in [9.17, 15) is 4.39 Å². The predicted octanol–water partition coefficient (Wildman–Crippen LogP) is 3.01. The summed E-state index contributed by atoms with van der Waals surface area (Å²) < 4.78 is 13.5. The molecule has 1 fully saturated rings. The van der Waals surface area contributed by atoms with Crippen molar-refractivity contribution in [2.75, 3.05) is 24.5 Å². The second-order valence-corrected chi connectivity index (χ2v) is 6.47. The van der Waals surface area contributed by atoms with Gasteiger partial charge in [-0.15, -0.1) is 0 Å². The summed E-state index contributed by atoms with van der Waals surface area (Å²) in [5.41, 5.74) is 8.18. The van der Waals surface area contributed by atoms with Gasteiger partial charge in [0, 0.05) is 36.4 Å². The van der Waals surface area contributed by atoms with Crippen LogP contribution in [0.2, 0.25) is 0 Å². The molecule has 0 radical (unpaired) electrons. The monoisotopic (exact) mass is 337 g/mol. The van der Waals surface area contributed by atoms with Gasteiger partial charge in [-0.25, -0.2) is 14.4 Å². The van der Waals surface area contributed by atoms with Crippen molar-refractivity contribution in [2.45, 2.75) is 12.8 Å². The molecule has 3 heterocycles. The summed E-state index contributed by atoms with van der Waals surface area (Å²) in [4.78, 5) is 15.7. The fourth-order valence-electron chi connectivity index (χ4n) is 3.27. The van der Waals surface area contributed by atoms with Crippen molar-refractivity contribution in [2.24, 2.45) is 11.7 Å². The van der Waals surface area contributed by atoms with E-state index in [2.05, 4.69) is 14.9 Å². The van der Waals surface area contributed by atoms with Gasteiger partial charge in [-0.2, -0.15) is 0 Å². The average Bonchev–Trinajstić information content (AvgIpc) is 2.67. The first-order valence-corrected chi connectivity index (χ1v) is 8.56. The summed E-state index contributed by atoms with van der Waals surface area (Å²) >= 11 is 0. The summed E-state index contributed by atoms with van der Waals surface area (Å²) in [5, 5.41) is 0.765. The summed E-state index contributed by atoms with van der Waals surface area (Å²) in [7, 11) is 0. The zero-order chi connectivity index (χ0) is 17.2. The van der Waals surface area contributed by atoms with Gasteiger partial charge in [0.25, 0.3) is 0 Å². The van der Waals surface area contributed by atoms with E-state index in [-0.39, 0.29) is 5.82 Å². The maximum atomic E-state index is 13.5. The van der Waals surface area contributed by atoms with Crippen LogP contribution in [-0.2, 0) is 0 Å². The number of aromatic nitrogens is 3. The lowest BCUT2D eigenvalue weighted by atomic mass is 9.97. The zero-order valence-corrected chi connectivity index (χ0v) is 13.9. The van der Waals surface area contributed by atoms with Gasteiger partial charge in [0.2, 0.25) is 5.95 Å². The van der Waals surface area contributed by atoms with Crippen LogP contribution in [0.15, 0.2) is 42.7 Å². The molecule has 128 valence electrons. The molecule has 1 aliphatic rings. The molecule has 1 aliphatic heterocycles. The number of halogens is 1. The van der Waals surface area contributed by atoms with Gasteiger partial charge in [0.1, 0.15) is 5.82 Å². The zero-order valence-electron chi connectivity index (χ0n) is 13.9. The summed E-state index contributed by atoms with van der Waals surface area (Å²) in [6.45, 7) is 2.59. The number of hydrogen-bond donors (Lipinski definition) is 1. The Kier molecular flexibility index (Phi) is 4.28. The number of hydrogen-bond acceptors (Lipinski definition) is 5. The normalized spacial score (nSPS) is 15.7. The first kappa shape index (κ1) is 15.9. The Morgan fingerprint density at radius 2 is 1.96 bits per heavy atom. The fraction of sp³-hybridized carbons (Fsp3) is 0.316. The average molecular weight is 337 g/mol. The largest absolute Gasteiger partial charge is 0.341 e. The number of benzene rings is 1. The van der Waals surface area contributed by atoms with Gasteiger partial charge in [-0.05, 0) is 55.6 Å². The highest BCUT2D eigenvalue weighted by Crippen LogP contribution is 2.25. The van der Waals surface area contributed by atoms with Gasteiger partial charge in [0.05, 0.1) is 11.2 Å².